The third kappa shape index (κ3) is 3.23. The highest BCUT2D eigenvalue weighted by atomic mass is 16.6. The number of piperidine rings is 1. The number of methoxy groups -OCH3 is 1. The van der Waals surface area contributed by atoms with Crippen LogP contribution in [0.3, 0.4) is 0 Å². The fourth-order valence-corrected chi connectivity index (χ4v) is 3.89. The number of rotatable bonds is 3. The van der Waals surface area contributed by atoms with E-state index < -0.39 is 0 Å². The van der Waals surface area contributed by atoms with Gasteiger partial charge in [-0.15, -0.1) is 0 Å². The van der Waals surface area contributed by atoms with Crippen molar-refractivity contribution in [3.05, 3.63) is 18.2 Å². The summed E-state index contributed by atoms with van der Waals surface area (Å²) in [6.45, 7) is 2.86. The van der Waals surface area contributed by atoms with Crippen LogP contribution >= 0.6 is 0 Å². The first-order chi connectivity index (χ1) is 12.7. The lowest BCUT2D eigenvalue weighted by atomic mass is 10.0. The van der Waals surface area contributed by atoms with Gasteiger partial charge in [0.25, 0.3) is 0 Å². The van der Waals surface area contributed by atoms with Crippen molar-refractivity contribution in [2.45, 2.75) is 25.4 Å². The highest BCUT2D eigenvalue weighted by molar-refractivity contribution is 6.00. The lowest BCUT2D eigenvalue weighted by molar-refractivity contribution is -0.138. The zero-order valence-electron chi connectivity index (χ0n) is 15.0. The van der Waals surface area contributed by atoms with Crippen molar-refractivity contribution in [2.24, 2.45) is 5.92 Å². The second-order valence-corrected chi connectivity index (χ2v) is 6.99. The van der Waals surface area contributed by atoms with E-state index >= 15 is 0 Å². The fourth-order valence-electron chi connectivity index (χ4n) is 3.89. The summed E-state index contributed by atoms with van der Waals surface area (Å²) in [6.07, 6.45) is 2.21. The molecule has 2 saturated heterocycles. The molecule has 4 rings (SSSR count). The van der Waals surface area contributed by atoms with Gasteiger partial charge < -0.3 is 24.0 Å². The third-order valence-electron chi connectivity index (χ3n) is 5.40. The largest absolute Gasteiger partial charge is 0.486 e. The van der Waals surface area contributed by atoms with E-state index in [2.05, 4.69) is 0 Å². The molecule has 140 valence electrons. The lowest BCUT2D eigenvalue weighted by Crippen LogP contribution is -2.44. The highest BCUT2D eigenvalue weighted by Gasteiger charge is 2.38. The minimum absolute atomic E-state index is 0.0215. The minimum Gasteiger partial charge on any atom is -0.486 e. The van der Waals surface area contributed by atoms with Crippen LogP contribution < -0.4 is 14.4 Å². The monoisotopic (exact) mass is 360 g/mol. The molecule has 2 fully saturated rings. The first-order valence-electron chi connectivity index (χ1n) is 9.17. The van der Waals surface area contributed by atoms with Gasteiger partial charge in [-0.1, -0.05) is 0 Å². The quantitative estimate of drug-likeness (QED) is 0.816. The van der Waals surface area contributed by atoms with E-state index in [1.54, 1.807) is 12.0 Å². The number of hydrogen-bond donors (Lipinski definition) is 0. The van der Waals surface area contributed by atoms with Gasteiger partial charge in [0.2, 0.25) is 11.8 Å². The van der Waals surface area contributed by atoms with Gasteiger partial charge in [-0.3, -0.25) is 9.59 Å². The predicted molar refractivity (Wildman–Crippen MR) is 94.5 cm³/mol. The number of amides is 2. The second-order valence-electron chi connectivity index (χ2n) is 6.99. The molecule has 26 heavy (non-hydrogen) atoms. The number of anilines is 1. The molecule has 0 N–H and O–H groups in total. The molecule has 1 atom stereocenters. The van der Waals surface area contributed by atoms with Gasteiger partial charge in [-0.05, 0) is 25.0 Å². The molecule has 3 aliphatic rings. The maximum Gasteiger partial charge on any atom is 0.228 e. The van der Waals surface area contributed by atoms with Crippen LogP contribution in [0.2, 0.25) is 0 Å². The van der Waals surface area contributed by atoms with Crippen molar-refractivity contribution in [3.8, 4) is 11.5 Å². The van der Waals surface area contributed by atoms with Gasteiger partial charge in [0, 0.05) is 44.9 Å². The van der Waals surface area contributed by atoms with Gasteiger partial charge in [0.05, 0.1) is 12.0 Å². The van der Waals surface area contributed by atoms with Crippen molar-refractivity contribution in [1.82, 2.24) is 4.90 Å². The molecule has 1 aromatic carbocycles. The molecular formula is C19H24N2O5. The Hall–Kier alpha value is -2.28. The van der Waals surface area contributed by atoms with Crippen LogP contribution in [0.4, 0.5) is 5.69 Å². The van der Waals surface area contributed by atoms with Gasteiger partial charge >= 0.3 is 0 Å². The molecule has 3 heterocycles. The first kappa shape index (κ1) is 17.1. The van der Waals surface area contributed by atoms with E-state index in [0.29, 0.717) is 44.3 Å². The Labute approximate surface area is 152 Å². The molecule has 2 amide bonds. The summed E-state index contributed by atoms with van der Waals surface area (Å²) in [5.41, 5.74) is 0.757. The van der Waals surface area contributed by atoms with Crippen molar-refractivity contribution in [3.63, 3.8) is 0 Å². The van der Waals surface area contributed by atoms with Crippen LogP contribution in [0.25, 0.3) is 0 Å². The molecular weight excluding hydrogens is 336 g/mol. The maximum atomic E-state index is 12.8. The van der Waals surface area contributed by atoms with Crippen LogP contribution in [0, 0.1) is 5.92 Å². The average Bonchev–Trinajstić information content (AvgIpc) is 3.08. The Bertz CT molecular complexity index is 699. The van der Waals surface area contributed by atoms with Crippen molar-refractivity contribution >= 4 is 17.5 Å². The molecule has 0 radical (unpaired) electrons. The molecule has 7 nitrogen and oxygen atoms in total. The predicted octanol–water partition coefficient (Wildman–Crippen LogP) is 1.45. The molecule has 3 aliphatic heterocycles. The summed E-state index contributed by atoms with van der Waals surface area (Å²) in [6, 6.07) is 5.49. The van der Waals surface area contributed by atoms with Crippen LogP contribution in [-0.2, 0) is 14.3 Å². The number of fused-ring (bicyclic) bond motifs is 1. The summed E-state index contributed by atoms with van der Waals surface area (Å²) in [5.74, 6) is 1.12. The summed E-state index contributed by atoms with van der Waals surface area (Å²) in [4.78, 5) is 28.9. The van der Waals surface area contributed by atoms with E-state index in [1.807, 2.05) is 23.1 Å². The van der Waals surface area contributed by atoms with Crippen LogP contribution in [0.1, 0.15) is 19.3 Å². The first-order valence-corrected chi connectivity index (χ1v) is 9.17. The zero-order valence-corrected chi connectivity index (χ0v) is 15.0. The summed E-state index contributed by atoms with van der Waals surface area (Å²) >= 11 is 0. The van der Waals surface area contributed by atoms with Gasteiger partial charge in [-0.25, -0.2) is 0 Å². The smallest absolute Gasteiger partial charge is 0.228 e. The standard InChI is InChI=1S/C19H24N2O5/c1-24-15-4-6-20(7-5-15)19(23)13-10-18(22)21(12-13)14-2-3-16-17(11-14)26-9-8-25-16/h2-3,11,13,15H,4-10,12H2,1H3. The van der Waals surface area contributed by atoms with E-state index in [4.69, 9.17) is 14.2 Å². The van der Waals surface area contributed by atoms with Gasteiger partial charge in [0.15, 0.2) is 11.5 Å². The summed E-state index contributed by atoms with van der Waals surface area (Å²) in [5, 5.41) is 0. The van der Waals surface area contributed by atoms with Gasteiger partial charge in [0.1, 0.15) is 13.2 Å². The zero-order chi connectivity index (χ0) is 18.1. The molecule has 0 aliphatic carbocycles. The Morgan fingerprint density at radius 1 is 1.15 bits per heavy atom. The van der Waals surface area contributed by atoms with E-state index in [9.17, 15) is 9.59 Å². The van der Waals surface area contributed by atoms with E-state index in [1.165, 1.54) is 0 Å². The van der Waals surface area contributed by atoms with Gasteiger partial charge in [-0.2, -0.15) is 0 Å². The molecule has 0 saturated carbocycles. The summed E-state index contributed by atoms with van der Waals surface area (Å²) < 4.78 is 16.5. The normalized spacial score (nSPS) is 23.4. The number of benzene rings is 1. The van der Waals surface area contributed by atoms with Crippen LogP contribution in [-0.4, -0.2) is 62.8 Å². The number of ether oxygens (including phenoxy) is 3. The number of carbonyl (C=O) groups excluding carboxylic acids is 2. The third-order valence-corrected chi connectivity index (χ3v) is 5.40. The van der Waals surface area contributed by atoms with Crippen molar-refractivity contribution in [1.29, 1.82) is 0 Å². The fraction of sp³-hybridized carbons (Fsp3) is 0.579. The average molecular weight is 360 g/mol. The van der Waals surface area contributed by atoms with Crippen molar-refractivity contribution < 1.29 is 23.8 Å². The Morgan fingerprint density at radius 2 is 1.88 bits per heavy atom. The molecule has 0 aromatic heterocycles. The number of carbonyl (C=O) groups is 2. The number of hydrogen-bond acceptors (Lipinski definition) is 5. The maximum absolute atomic E-state index is 12.8. The summed E-state index contributed by atoms with van der Waals surface area (Å²) in [7, 11) is 1.71. The van der Waals surface area contributed by atoms with Crippen LogP contribution in [0.5, 0.6) is 11.5 Å². The minimum atomic E-state index is -0.283. The molecule has 0 spiro atoms. The second kappa shape index (κ2) is 7.15. The van der Waals surface area contributed by atoms with Crippen molar-refractivity contribution in [2.75, 3.05) is 44.9 Å². The highest BCUT2D eigenvalue weighted by Crippen LogP contribution is 2.36. The Kier molecular flexibility index (Phi) is 4.72. The number of likely N-dealkylation sites (tertiary alicyclic amines) is 1. The van der Waals surface area contributed by atoms with E-state index in [0.717, 1.165) is 18.5 Å². The van der Waals surface area contributed by atoms with Crippen LogP contribution in [0.15, 0.2) is 18.2 Å². The number of nitrogens with zero attached hydrogens (tertiary/aromatic N) is 2. The molecule has 0 bridgehead atoms. The molecule has 1 aromatic rings. The SMILES string of the molecule is COC1CCN(C(=O)C2CC(=O)N(c3ccc4c(c3)OCCO4)C2)CC1. The van der Waals surface area contributed by atoms with E-state index in [-0.39, 0.29) is 30.3 Å². The Balaban J connectivity index is 1.43. The lowest BCUT2D eigenvalue weighted by Gasteiger charge is -2.32. The molecule has 1 unspecified atom stereocenters. The molecule has 7 heteroatoms. The topological polar surface area (TPSA) is 68.3 Å². The Morgan fingerprint density at radius 3 is 2.62 bits per heavy atom.